The topological polar surface area (TPSA) is 127 Å². The lowest BCUT2D eigenvalue weighted by Crippen LogP contribution is -2.42. The number of morpholine rings is 1. The Bertz CT molecular complexity index is 1210. The number of nitrogens with one attached hydrogen (secondary N) is 1. The predicted molar refractivity (Wildman–Crippen MR) is 128 cm³/mol. The molecule has 0 aliphatic carbocycles. The van der Waals surface area contributed by atoms with Crippen LogP contribution in [0.5, 0.6) is 5.75 Å². The molecule has 1 aliphatic heterocycles. The molecule has 0 saturated carbocycles. The van der Waals surface area contributed by atoms with Gasteiger partial charge in [0.2, 0.25) is 5.78 Å². The molecule has 1 saturated heterocycles. The first-order valence-electron chi connectivity index (χ1n) is 10.6. The highest BCUT2D eigenvalue weighted by molar-refractivity contribution is 6.37. The largest absolute Gasteiger partial charge is 0.491 e. The van der Waals surface area contributed by atoms with Crippen LogP contribution in [-0.2, 0) is 4.74 Å². The number of halogens is 2. The summed E-state index contributed by atoms with van der Waals surface area (Å²) in [4.78, 5) is 26.8. The molecular weight excluding hydrogens is 485 g/mol. The molecule has 2 aromatic carbocycles. The Morgan fingerprint density at radius 1 is 1.18 bits per heavy atom. The molecule has 0 bridgehead atoms. The minimum Gasteiger partial charge on any atom is -0.491 e. The number of amides is 2. The van der Waals surface area contributed by atoms with Crippen LogP contribution in [0, 0.1) is 0 Å². The number of β-amino-alcohol motifs (C(OH)–C–C–N with tert-alkyl or cyclic N) is 1. The van der Waals surface area contributed by atoms with Gasteiger partial charge in [0.15, 0.2) is 5.76 Å². The number of ether oxygens (including phenoxy) is 2. The fourth-order valence-corrected chi connectivity index (χ4v) is 4.19. The number of carbonyl (C=O) groups excluding carboxylic acids is 2. The van der Waals surface area contributed by atoms with Crippen LogP contribution in [0.25, 0.3) is 11.0 Å². The minimum absolute atomic E-state index is 0.0716. The maximum atomic E-state index is 13.1. The van der Waals surface area contributed by atoms with Crippen molar-refractivity contribution in [2.45, 2.75) is 6.10 Å². The van der Waals surface area contributed by atoms with Crippen molar-refractivity contribution >= 4 is 51.7 Å². The Hall–Kier alpha value is -2.82. The first-order chi connectivity index (χ1) is 16.3. The molecule has 0 radical (unpaired) electrons. The van der Waals surface area contributed by atoms with Crippen LogP contribution in [0.4, 0.5) is 10.5 Å². The van der Waals surface area contributed by atoms with E-state index in [1.165, 1.54) is 18.2 Å². The molecule has 34 heavy (non-hydrogen) atoms. The molecule has 2 amide bonds. The zero-order valence-corrected chi connectivity index (χ0v) is 19.6. The third kappa shape index (κ3) is 5.63. The Balaban J connectivity index is 1.56. The first-order valence-corrected chi connectivity index (χ1v) is 11.3. The fourth-order valence-electron chi connectivity index (χ4n) is 3.70. The van der Waals surface area contributed by atoms with Gasteiger partial charge >= 0.3 is 6.03 Å². The number of hydrogen-bond acceptors (Lipinski definition) is 7. The van der Waals surface area contributed by atoms with E-state index in [2.05, 4.69) is 10.2 Å². The highest BCUT2D eigenvalue weighted by Crippen LogP contribution is 2.36. The quantitative estimate of drug-likeness (QED) is 0.398. The molecule has 3 aromatic rings. The van der Waals surface area contributed by atoms with Crippen LogP contribution in [0.1, 0.15) is 16.1 Å². The van der Waals surface area contributed by atoms with Crippen molar-refractivity contribution in [3.05, 3.63) is 57.8 Å². The molecule has 2 heterocycles. The number of nitrogens with two attached hydrogens (primary N) is 1. The minimum atomic E-state index is -0.856. The Labute approximate surface area is 205 Å². The van der Waals surface area contributed by atoms with Crippen LogP contribution in [0.3, 0.4) is 0 Å². The zero-order chi connectivity index (χ0) is 24.2. The first kappa shape index (κ1) is 24.3. The van der Waals surface area contributed by atoms with Gasteiger partial charge in [-0.25, -0.2) is 4.79 Å². The number of benzene rings is 2. The molecular formula is C23H23Cl2N3O6. The smallest absolute Gasteiger partial charge is 0.316 e. The second-order valence-electron chi connectivity index (χ2n) is 7.78. The molecule has 4 rings (SSSR count). The number of anilines is 1. The molecule has 11 heteroatoms. The van der Waals surface area contributed by atoms with Crippen molar-refractivity contribution in [2.24, 2.45) is 5.73 Å². The molecule has 0 spiro atoms. The molecule has 1 unspecified atom stereocenters. The number of urea groups is 1. The number of carbonyl (C=O) groups is 2. The molecule has 1 aromatic heterocycles. The standard InChI is InChI=1S/C23H23Cl2N3O6/c24-13-1-3-16(18(25)9-13)21(30)22-20(27-23(26)31)17-4-2-15(10-19(17)34-22)33-12-14(29)11-28-5-7-32-8-6-28/h1-4,9-10,14,29H,5-8,11-12H2,(H3,26,27,31). The number of ketones is 1. The lowest BCUT2D eigenvalue weighted by molar-refractivity contribution is 0.00466. The summed E-state index contributed by atoms with van der Waals surface area (Å²) in [5.41, 5.74) is 5.87. The number of primary amides is 1. The van der Waals surface area contributed by atoms with Crippen LogP contribution < -0.4 is 15.8 Å². The summed E-state index contributed by atoms with van der Waals surface area (Å²) in [7, 11) is 0. The SMILES string of the molecule is NC(=O)Nc1c(C(=O)c2ccc(Cl)cc2Cl)oc2cc(OCC(O)CN3CCOCC3)ccc12. The molecule has 1 aliphatic rings. The van der Waals surface area contributed by atoms with Crippen LogP contribution in [0.15, 0.2) is 40.8 Å². The van der Waals surface area contributed by atoms with Gasteiger partial charge in [-0.05, 0) is 30.3 Å². The Kier molecular flexibility index (Phi) is 7.60. The van der Waals surface area contributed by atoms with Crippen molar-refractivity contribution in [3.8, 4) is 5.75 Å². The monoisotopic (exact) mass is 507 g/mol. The van der Waals surface area contributed by atoms with Gasteiger partial charge in [-0.1, -0.05) is 23.2 Å². The Morgan fingerprint density at radius 2 is 1.94 bits per heavy atom. The van der Waals surface area contributed by atoms with Gasteiger partial charge in [-0.2, -0.15) is 0 Å². The van der Waals surface area contributed by atoms with Crippen molar-refractivity contribution < 1.29 is 28.6 Å². The number of aliphatic hydroxyl groups is 1. The second kappa shape index (κ2) is 10.6. The molecule has 1 fully saturated rings. The fraction of sp³-hybridized carbons (Fsp3) is 0.304. The molecule has 1 atom stereocenters. The summed E-state index contributed by atoms with van der Waals surface area (Å²) >= 11 is 12.1. The lowest BCUT2D eigenvalue weighted by Gasteiger charge is -2.28. The van der Waals surface area contributed by atoms with Crippen molar-refractivity contribution in [3.63, 3.8) is 0 Å². The number of fused-ring (bicyclic) bond motifs is 1. The summed E-state index contributed by atoms with van der Waals surface area (Å²) in [6.07, 6.45) is -0.693. The molecule has 180 valence electrons. The van der Waals surface area contributed by atoms with E-state index in [1.807, 2.05) is 0 Å². The van der Waals surface area contributed by atoms with Gasteiger partial charge in [-0.3, -0.25) is 9.69 Å². The summed E-state index contributed by atoms with van der Waals surface area (Å²) in [5.74, 6) is -0.260. The van der Waals surface area contributed by atoms with E-state index in [4.69, 9.17) is 42.8 Å². The van der Waals surface area contributed by atoms with E-state index >= 15 is 0 Å². The van der Waals surface area contributed by atoms with E-state index < -0.39 is 17.9 Å². The van der Waals surface area contributed by atoms with Gasteiger partial charge in [-0.15, -0.1) is 0 Å². The maximum Gasteiger partial charge on any atom is 0.316 e. The lowest BCUT2D eigenvalue weighted by atomic mass is 10.1. The number of nitrogens with zero attached hydrogens (tertiary/aromatic N) is 1. The van der Waals surface area contributed by atoms with Gasteiger partial charge in [0.05, 0.1) is 18.2 Å². The number of rotatable bonds is 8. The third-order valence-electron chi connectivity index (χ3n) is 5.31. The number of hydrogen-bond donors (Lipinski definition) is 3. The van der Waals surface area contributed by atoms with Crippen LogP contribution in [0.2, 0.25) is 10.0 Å². The average molecular weight is 508 g/mol. The highest BCUT2D eigenvalue weighted by Gasteiger charge is 2.25. The van der Waals surface area contributed by atoms with E-state index in [0.29, 0.717) is 35.9 Å². The second-order valence-corrected chi connectivity index (χ2v) is 8.63. The summed E-state index contributed by atoms with van der Waals surface area (Å²) in [5, 5.41) is 13.7. The van der Waals surface area contributed by atoms with E-state index in [-0.39, 0.29) is 34.2 Å². The van der Waals surface area contributed by atoms with Gasteiger partial charge in [0.1, 0.15) is 29.7 Å². The number of furan rings is 1. The molecule has 9 nitrogen and oxygen atoms in total. The van der Waals surface area contributed by atoms with Crippen molar-refractivity contribution in [2.75, 3.05) is 44.8 Å². The van der Waals surface area contributed by atoms with E-state index in [0.717, 1.165) is 13.1 Å². The van der Waals surface area contributed by atoms with Crippen LogP contribution >= 0.6 is 23.2 Å². The maximum absolute atomic E-state index is 13.1. The van der Waals surface area contributed by atoms with Crippen LogP contribution in [-0.4, -0.2) is 67.4 Å². The summed E-state index contributed by atoms with van der Waals surface area (Å²) < 4.78 is 16.8. The summed E-state index contributed by atoms with van der Waals surface area (Å²) in [6.45, 7) is 3.36. The van der Waals surface area contributed by atoms with Crippen molar-refractivity contribution in [1.82, 2.24) is 4.90 Å². The normalized spacial score (nSPS) is 15.3. The molecule has 4 N–H and O–H groups in total. The van der Waals surface area contributed by atoms with E-state index in [1.54, 1.807) is 18.2 Å². The summed E-state index contributed by atoms with van der Waals surface area (Å²) in [6, 6.07) is 8.43. The van der Waals surface area contributed by atoms with Gasteiger partial charge in [0, 0.05) is 41.7 Å². The van der Waals surface area contributed by atoms with Crippen molar-refractivity contribution in [1.29, 1.82) is 0 Å². The van der Waals surface area contributed by atoms with E-state index in [9.17, 15) is 14.7 Å². The third-order valence-corrected chi connectivity index (χ3v) is 5.85. The number of aliphatic hydroxyl groups excluding tert-OH is 1. The predicted octanol–water partition coefficient (Wildman–Crippen LogP) is 3.53. The Morgan fingerprint density at radius 3 is 2.65 bits per heavy atom. The van der Waals surface area contributed by atoms with Gasteiger partial charge in [0.25, 0.3) is 0 Å². The average Bonchev–Trinajstić information content (AvgIpc) is 3.15. The zero-order valence-electron chi connectivity index (χ0n) is 18.1. The van der Waals surface area contributed by atoms with Gasteiger partial charge < -0.3 is 30.0 Å². The highest BCUT2D eigenvalue weighted by atomic mass is 35.5.